The van der Waals surface area contributed by atoms with E-state index in [1.54, 1.807) is 0 Å². The summed E-state index contributed by atoms with van der Waals surface area (Å²) in [5.74, 6) is 1.71. The van der Waals surface area contributed by atoms with E-state index in [1.165, 1.54) is 0 Å². The standard InChI is InChI=1S/C23H26N2O3/c26-18-23(9-13-27-14-10-23)17-25-12-11-24-22(25)20-7-4-8-21(15-20)28-16-19-5-2-1-3-6-19/h1-8,11-12,15,26H,9-10,13-14,16-18H2. The molecule has 0 aliphatic carbocycles. The van der Waals surface area contributed by atoms with Crippen molar-refractivity contribution in [2.45, 2.75) is 26.0 Å². The van der Waals surface area contributed by atoms with Crippen LogP contribution < -0.4 is 4.74 Å². The van der Waals surface area contributed by atoms with Crippen molar-refractivity contribution in [2.75, 3.05) is 19.8 Å². The smallest absolute Gasteiger partial charge is 0.140 e. The predicted molar refractivity (Wildman–Crippen MR) is 108 cm³/mol. The monoisotopic (exact) mass is 378 g/mol. The second-order valence-corrected chi connectivity index (χ2v) is 7.45. The van der Waals surface area contributed by atoms with Gasteiger partial charge in [-0.15, -0.1) is 0 Å². The van der Waals surface area contributed by atoms with Gasteiger partial charge in [0.1, 0.15) is 18.2 Å². The summed E-state index contributed by atoms with van der Waals surface area (Å²) < 4.78 is 13.6. The number of benzene rings is 2. The van der Waals surface area contributed by atoms with Crippen molar-refractivity contribution in [1.29, 1.82) is 0 Å². The molecule has 3 aromatic rings. The van der Waals surface area contributed by atoms with Crippen LogP contribution in [0.4, 0.5) is 0 Å². The highest BCUT2D eigenvalue weighted by atomic mass is 16.5. The van der Waals surface area contributed by atoms with Gasteiger partial charge in [-0.1, -0.05) is 42.5 Å². The number of nitrogens with zero attached hydrogens (tertiary/aromatic N) is 2. The summed E-state index contributed by atoms with van der Waals surface area (Å²) in [7, 11) is 0. The van der Waals surface area contributed by atoms with E-state index < -0.39 is 0 Å². The Morgan fingerprint density at radius 1 is 1.07 bits per heavy atom. The van der Waals surface area contributed by atoms with Crippen molar-refractivity contribution in [1.82, 2.24) is 9.55 Å². The molecular weight excluding hydrogens is 352 g/mol. The summed E-state index contributed by atoms with van der Waals surface area (Å²) in [5, 5.41) is 10.0. The molecule has 1 aliphatic rings. The largest absolute Gasteiger partial charge is 0.489 e. The third kappa shape index (κ3) is 4.26. The van der Waals surface area contributed by atoms with E-state index in [0.717, 1.165) is 42.1 Å². The van der Waals surface area contributed by atoms with Gasteiger partial charge in [0.15, 0.2) is 0 Å². The Morgan fingerprint density at radius 3 is 2.68 bits per heavy atom. The molecular formula is C23H26N2O3. The van der Waals surface area contributed by atoms with Crippen LogP contribution in [0.25, 0.3) is 11.4 Å². The maximum absolute atomic E-state index is 10.0. The molecule has 0 unspecified atom stereocenters. The summed E-state index contributed by atoms with van der Waals surface area (Å²) in [5.41, 5.74) is 2.00. The molecule has 1 aromatic heterocycles. The topological polar surface area (TPSA) is 56.5 Å². The molecule has 146 valence electrons. The van der Waals surface area contributed by atoms with Crippen LogP contribution in [-0.2, 0) is 17.9 Å². The van der Waals surface area contributed by atoms with E-state index in [-0.39, 0.29) is 12.0 Å². The first-order valence-electron chi connectivity index (χ1n) is 9.75. The Labute approximate surface area is 165 Å². The zero-order valence-corrected chi connectivity index (χ0v) is 16.0. The number of aliphatic hydroxyl groups excluding tert-OH is 1. The molecule has 0 atom stereocenters. The lowest BCUT2D eigenvalue weighted by Crippen LogP contribution is -2.37. The number of aromatic nitrogens is 2. The summed E-state index contributed by atoms with van der Waals surface area (Å²) in [6.45, 7) is 2.83. The number of rotatable bonds is 7. The van der Waals surface area contributed by atoms with Crippen LogP contribution >= 0.6 is 0 Å². The fourth-order valence-electron chi connectivity index (χ4n) is 3.69. The van der Waals surface area contributed by atoms with Gasteiger partial charge in [-0.3, -0.25) is 0 Å². The number of aliphatic hydroxyl groups is 1. The average Bonchev–Trinajstić information content (AvgIpc) is 3.22. The second kappa shape index (κ2) is 8.59. The van der Waals surface area contributed by atoms with E-state index in [9.17, 15) is 5.11 Å². The number of ether oxygens (including phenoxy) is 2. The number of hydrogen-bond donors (Lipinski definition) is 1. The van der Waals surface area contributed by atoms with Gasteiger partial charge in [0, 0.05) is 43.1 Å². The normalized spacial score (nSPS) is 16.0. The van der Waals surface area contributed by atoms with Crippen LogP contribution in [-0.4, -0.2) is 34.5 Å². The van der Waals surface area contributed by atoms with Crippen molar-refractivity contribution in [3.05, 3.63) is 72.6 Å². The third-order valence-corrected chi connectivity index (χ3v) is 5.45. The molecule has 5 nitrogen and oxygen atoms in total. The van der Waals surface area contributed by atoms with Gasteiger partial charge in [-0.05, 0) is 30.5 Å². The Bertz CT molecular complexity index is 886. The van der Waals surface area contributed by atoms with Gasteiger partial charge in [-0.2, -0.15) is 0 Å². The van der Waals surface area contributed by atoms with E-state index in [4.69, 9.17) is 9.47 Å². The second-order valence-electron chi connectivity index (χ2n) is 7.45. The van der Waals surface area contributed by atoms with Crippen LogP contribution in [0.1, 0.15) is 18.4 Å². The van der Waals surface area contributed by atoms with E-state index >= 15 is 0 Å². The molecule has 1 saturated heterocycles. The lowest BCUT2D eigenvalue weighted by atomic mass is 9.81. The highest BCUT2D eigenvalue weighted by molar-refractivity contribution is 5.58. The van der Waals surface area contributed by atoms with Crippen molar-refractivity contribution in [3.63, 3.8) is 0 Å². The Kier molecular flexibility index (Phi) is 5.74. The molecule has 0 bridgehead atoms. The molecule has 1 fully saturated rings. The molecule has 28 heavy (non-hydrogen) atoms. The first-order chi connectivity index (χ1) is 13.8. The van der Waals surface area contributed by atoms with Gasteiger partial charge < -0.3 is 19.1 Å². The summed E-state index contributed by atoms with van der Waals surface area (Å²) >= 11 is 0. The molecule has 0 saturated carbocycles. The highest BCUT2D eigenvalue weighted by Crippen LogP contribution is 2.33. The summed E-state index contributed by atoms with van der Waals surface area (Å²) in [6.07, 6.45) is 5.53. The fraction of sp³-hybridized carbons (Fsp3) is 0.348. The molecule has 0 radical (unpaired) electrons. The summed E-state index contributed by atoms with van der Waals surface area (Å²) in [4.78, 5) is 4.57. The fourth-order valence-corrected chi connectivity index (χ4v) is 3.69. The Balaban J connectivity index is 1.51. The van der Waals surface area contributed by atoms with Crippen LogP contribution in [0.15, 0.2) is 67.0 Å². The van der Waals surface area contributed by atoms with Gasteiger partial charge in [0.05, 0.1) is 6.61 Å². The number of hydrogen-bond acceptors (Lipinski definition) is 4. The molecule has 4 rings (SSSR count). The lowest BCUT2D eigenvalue weighted by molar-refractivity contribution is -0.0250. The minimum atomic E-state index is -0.144. The molecule has 5 heteroatoms. The zero-order chi connectivity index (χ0) is 19.2. The molecule has 1 N–H and O–H groups in total. The van der Waals surface area contributed by atoms with Crippen molar-refractivity contribution in [2.24, 2.45) is 5.41 Å². The van der Waals surface area contributed by atoms with E-state index in [0.29, 0.717) is 19.8 Å². The SMILES string of the molecule is OCC1(Cn2ccnc2-c2cccc(OCc3ccccc3)c2)CCOCC1. The van der Waals surface area contributed by atoms with Gasteiger partial charge in [0.2, 0.25) is 0 Å². The highest BCUT2D eigenvalue weighted by Gasteiger charge is 2.33. The summed E-state index contributed by atoms with van der Waals surface area (Å²) in [6, 6.07) is 18.2. The minimum absolute atomic E-state index is 0.144. The maximum Gasteiger partial charge on any atom is 0.140 e. The molecule has 2 aromatic carbocycles. The molecule has 1 aliphatic heterocycles. The van der Waals surface area contributed by atoms with Crippen LogP contribution in [0.3, 0.4) is 0 Å². The molecule has 0 amide bonds. The average molecular weight is 378 g/mol. The van der Waals surface area contributed by atoms with Crippen LogP contribution in [0, 0.1) is 5.41 Å². The van der Waals surface area contributed by atoms with Crippen LogP contribution in [0.2, 0.25) is 0 Å². The minimum Gasteiger partial charge on any atom is -0.489 e. The van der Waals surface area contributed by atoms with Crippen molar-refractivity contribution >= 4 is 0 Å². The van der Waals surface area contributed by atoms with Crippen LogP contribution in [0.5, 0.6) is 5.75 Å². The predicted octanol–water partition coefficient (Wildman–Crippen LogP) is 3.92. The molecule has 2 heterocycles. The van der Waals surface area contributed by atoms with Gasteiger partial charge >= 0.3 is 0 Å². The van der Waals surface area contributed by atoms with Crippen molar-refractivity contribution in [3.8, 4) is 17.1 Å². The van der Waals surface area contributed by atoms with Gasteiger partial charge in [-0.25, -0.2) is 4.98 Å². The Hall–Kier alpha value is -2.63. The third-order valence-electron chi connectivity index (χ3n) is 5.45. The first kappa shape index (κ1) is 18.7. The quantitative estimate of drug-likeness (QED) is 0.677. The number of imidazole rings is 1. The lowest BCUT2D eigenvalue weighted by Gasteiger charge is -2.36. The van der Waals surface area contributed by atoms with Crippen molar-refractivity contribution < 1.29 is 14.6 Å². The van der Waals surface area contributed by atoms with Gasteiger partial charge in [0.25, 0.3) is 0 Å². The zero-order valence-electron chi connectivity index (χ0n) is 16.0. The first-order valence-corrected chi connectivity index (χ1v) is 9.75. The van der Waals surface area contributed by atoms with E-state index in [2.05, 4.69) is 21.7 Å². The van der Waals surface area contributed by atoms with E-state index in [1.807, 2.05) is 54.9 Å². The Morgan fingerprint density at radius 2 is 1.89 bits per heavy atom. The maximum atomic E-state index is 10.0. The molecule has 0 spiro atoms.